The molecule has 0 radical (unpaired) electrons. The zero-order valence-corrected chi connectivity index (χ0v) is 9.41. The predicted molar refractivity (Wildman–Crippen MR) is 57.5 cm³/mol. The standard InChI is InChI=1S/C11H19NO3/c1-9-10(6-11(7-12)15-9)8-14-5-3-4-13-2/h6H,3-5,7-8,12H2,1-2H3. The number of rotatable bonds is 7. The normalized spacial score (nSPS) is 10.9. The van der Waals surface area contributed by atoms with Gasteiger partial charge in [0.1, 0.15) is 11.5 Å². The number of nitrogens with two attached hydrogens (primary N) is 1. The Hall–Kier alpha value is -0.840. The largest absolute Gasteiger partial charge is 0.465 e. The van der Waals surface area contributed by atoms with Gasteiger partial charge in [-0.15, -0.1) is 0 Å². The fourth-order valence-corrected chi connectivity index (χ4v) is 1.32. The number of hydrogen-bond acceptors (Lipinski definition) is 4. The van der Waals surface area contributed by atoms with E-state index in [2.05, 4.69) is 0 Å². The van der Waals surface area contributed by atoms with Crippen LogP contribution in [0.4, 0.5) is 0 Å². The molecule has 0 aliphatic rings. The van der Waals surface area contributed by atoms with Crippen LogP contribution in [0.25, 0.3) is 0 Å². The molecule has 86 valence electrons. The minimum atomic E-state index is 0.435. The molecule has 0 unspecified atom stereocenters. The van der Waals surface area contributed by atoms with E-state index in [0.29, 0.717) is 19.8 Å². The lowest BCUT2D eigenvalue weighted by Gasteiger charge is -2.02. The molecule has 1 aromatic rings. The summed E-state index contributed by atoms with van der Waals surface area (Å²) in [6.45, 7) is 4.38. The van der Waals surface area contributed by atoms with Crippen molar-refractivity contribution in [2.75, 3.05) is 20.3 Å². The zero-order valence-electron chi connectivity index (χ0n) is 9.41. The van der Waals surface area contributed by atoms with E-state index in [1.165, 1.54) is 0 Å². The third-order valence-corrected chi connectivity index (χ3v) is 2.17. The number of ether oxygens (including phenoxy) is 2. The average Bonchev–Trinajstić information content (AvgIpc) is 2.59. The van der Waals surface area contributed by atoms with Crippen LogP contribution in [0.3, 0.4) is 0 Å². The summed E-state index contributed by atoms with van der Waals surface area (Å²) in [5, 5.41) is 0. The Morgan fingerprint density at radius 1 is 1.40 bits per heavy atom. The Labute approximate surface area is 90.3 Å². The number of furan rings is 1. The fraction of sp³-hybridized carbons (Fsp3) is 0.636. The Balaban J connectivity index is 2.27. The molecule has 0 aliphatic heterocycles. The van der Waals surface area contributed by atoms with Crippen molar-refractivity contribution in [3.05, 3.63) is 23.2 Å². The summed E-state index contributed by atoms with van der Waals surface area (Å²) >= 11 is 0. The Morgan fingerprint density at radius 2 is 2.20 bits per heavy atom. The van der Waals surface area contributed by atoms with E-state index in [4.69, 9.17) is 19.6 Å². The van der Waals surface area contributed by atoms with Gasteiger partial charge in [0.25, 0.3) is 0 Å². The summed E-state index contributed by atoms with van der Waals surface area (Å²) in [5.41, 5.74) is 6.55. The molecule has 0 aromatic carbocycles. The van der Waals surface area contributed by atoms with Crippen molar-refractivity contribution in [2.45, 2.75) is 26.5 Å². The monoisotopic (exact) mass is 213 g/mol. The van der Waals surface area contributed by atoms with E-state index in [9.17, 15) is 0 Å². The van der Waals surface area contributed by atoms with Crippen molar-refractivity contribution in [3.8, 4) is 0 Å². The number of methoxy groups -OCH3 is 1. The molecule has 1 heterocycles. The Bertz CT molecular complexity index is 283. The van der Waals surface area contributed by atoms with Gasteiger partial charge in [0, 0.05) is 25.9 Å². The number of hydrogen-bond donors (Lipinski definition) is 1. The van der Waals surface area contributed by atoms with Gasteiger partial charge in [-0.05, 0) is 19.4 Å². The van der Waals surface area contributed by atoms with Crippen molar-refractivity contribution in [2.24, 2.45) is 5.73 Å². The highest BCUT2D eigenvalue weighted by Gasteiger charge is 2.05. The number of aryl methyl sites for hydroxylation is 1. The third-order valence-electron chi connectivity index (χ3n) is 2.17. The highest BCUT2D eigenvalue weighted by atomic mass is 16.5. The SMILES string of the molecule is COCCCOCc1cc(CN)oc1C. The van der Waals surface area contributed by atoms with E-state index in [1.807, 2.05) is 13.0 Å². The van der Waals surface area contributed by atoms with E-state index < -0.39 is 0 Å². The summed E-state index contributed by atoms with van der Waals surface area (Å²) in [6, 6.07) is 1.95. The van der Waals surface area contributed by atoms with Crippen molar-refractivity contribution in [3.63, 3.8) is 0 Å². The molecule has 2 N–H and O–H groups in total. The summed E-state index contributed by atoms with van der Waals surface area (Å²) < 4.78 is 15.8. The zero-order chi connectivity index (χ0) is 11.1. The van der Waals surface area contributed by atoms with E-state index in [-0.39, 0.29) is 0 Å². The van der Waals surface area contributed by atoms with Crippen molar-refractivity contribution < 1.29 is 13.9 Å². The first-order chi connectivity index (χ1) is 7.27. The molecule has 1 rings (SSSR count). The summed E-state index contributed by atoms with van der Waals surface area (Å²) in [5.74, 6) is 1.70. The predicted octanol–water partition coefficient (Wildman–Crippen LogP) is 1.60. The van der Waals surface area contributed by atoms with Crippen LogP contribution in [0, 0.1) is 6.92 Å². The fourth-order valence-electron chi connectivity index (χ4n) is 1.32. The highest BCUT2D eigenvalue weighted by Crippen LogP contribution is 2.15. The summed E-state index contributed by atoms with van der Waals surface area (Å²) in [6.07, 6.45) is 0.914. The first-order valence-corrected chi connectivity index (χ1v) is 5.13. The smallest absolute Gasteiger partial charge is 0.118 e. The third kappa shape index (κ3) is 4.03. The second-order valence-corrected chi connectivity index (χ2v) is 3.40. The molecular formula is C11H19NO3. The molecule has 0 saturated carbocycles. The molecule has 1 aromatic heterocycles. The molecule has 0 fully saturated rings. The van der Waals surface area contributed by atoms with E-state index in [1.54, 1.807) is 7.11 Å². The topological polar surface area (TPSA) is 57.6 Å². The van der Waals surface area contributed by atoms with Crippen LogP contribution in [0.15, 0.2) is 10.5 Å². The van der Waals surface area contributed by atoms with Gasteiger partial charge in [-0.3, -0.25) is 0 Å². The van der Waals surface area contributed by atoms with Crippen molar-refractivity contribution >= 4 is 0 Å². The van der Waals surface area contributed by atoms with Gasteiger partial charge in [0.2, 0.25) is 0 Å². The van der Waals surface area contributed by atoms with Gasteiger partial charge in [0.05, 0.1) is 13.2 Å². The molecule has 4 nitrogen and oxygen atoms in total. The van der Waals surface area contributed by atoms with Gasteiger partial charge in [-0.25, -0.2) is 0 Å². The van der Waals surface area contributed by atoms with Gasteiger partial charge in [-0.2, -0.15) is 0 Å². The minimum Gasteiger partial charge on any atom is -0.465 e. The van der Waals surface area contributed by atoms with Crippen LogP contribution in [-0.2, 0) is 22.6 Å². The average molecular weight is 213 g/mol. The molecule has 0 amide bonds. The first kappa shape index (κ1) is 12.2. The van der Waals surface area contributed by atoms with E-state index in [0.717, 1.165) is 30.1 Å². The summed E-state index contributed by atoms with van der Waals surface area (Å²) in [7, 11) is 1.69. The van der Waals surface area contributed by atoms with Crippen LogP contribution in [0.2, 0.25) is 0 Å². The molecular weight excluding hydrogens is 194 g/mol. The second kappa shape index (κ2) is 6.61. The molecule has 0 saturated heterocycles. The molecule has 0 atom stereocenters. The van der Waals surface area contributed by atoms with E-state index >= 15 is 0 Å². The lowest BCUT2D eigenvalue weighted by Crippen LogP contribution is -1.99. The lowest BCUT2D eigenvalue weighted by molar-refractivity contribution is 0.0922. The molecule has 0 spiro atoms. The maximum Gasteiger partial charge on any atom is 0.118 e. The molecule has 4 heteroatoms. The molecule has 0 aliphatic carbocycles. The van der Waals surface area contributed by atoms with Gasteiger partial charge < -0.3 is 19.6 Å². The van der Waals surface area contributed by atoms with Gasteiger partial charge in [0.15, 0.2) is 0 Å². The van der Waals surface area contributed by atoms with Crippen LogP contribution < -0.4 is 5.73 Å². The van der Waals surface area contributed by atoms with Crippen LogP contribution in [0.1, 0.15) is 23.5 Å². The maximum absolute atomic E-state index is 5.48. The minimum absolute atomic E-state index is 0.435. The van der Waals surface area contributed by atoms with Gasteiger partial charge >= 0.3 is 0 Å². The molecule has 0 bridgehead atoms. The summed E-state index contributed by atoms with van der Waals surface area (Å²) in [4.78, 5) is 0. The van der Waals surface area contributed by atoms with Crippen LogP contribution >= 0.6 is 0 Å². The lowest BCUT2D eigenvalue weighted by atomic mass is 10.2. The second-order valence-electron chi connectivity index (χ2n) is 3.40. The van der Waals surface area contributed by atoms with Crippen molar-refractivity contribution in [1.82, 2.24) is 0 Å². The Kier molecular flexibility index (Phi) is 5.39. The van der Waals surface area contributed by atoms with Crippen LogP contribution in [0.5, 0.6) is 0 Å². The Morgan fingerprint density at radius 3 is 2.80 bits per heavy atom. The molecule has 15 heavy (non-hydrogen) atoms. The highest BCUT2D eigenvalue weighted by molar-refractivity contribution is 5.19. The van der Waals surface area contributed by atoms with Crippen molar-refractivity contribution in [1.29, 1.82) is 0 Å². The van der Waals surface area contributed by atoms with Gasteiger partial charge in [-0.1, -0.05) is 0 Å². The first-order valence-electron chi connectivity index (χ1n) is 5.13. The maximum atomic E-state index is 5.48. The van der Waals surface area contributed by atoms with Crippen LogP contribution in [-0.4, -0.2) is 20.3 Å². The quantitative estimate of drug-likeness (QED) is 0.699.